The maximum atomic E-state index is 12.1. The van der Waals surface area contributed by atoms with Gasteiger partial charge in [0.15, 0.2) is 0 Å². The van der Waals surface area contributed by atoms with E-state index in [9.17, 15) is 9.59 Å². The lowest BCUT2D eigenvalue weighted by atomic mass is 10.2. The van der Waals surface area contributed by atoms with Crippen molar-refractivity contribution in [3.8, 4) is 11.5 Å². The lowest BCUT2D eigenvalue weighted by Gasteiger charge is -2.07. The smallest absolute Gasteiger partial charge is 0.259 e. The van der Waals surface area contributed by atoms with Gasteiger partial charge in [0.25, 0.3) is 11.8 Å². The van der Waals surface area contributed by atoms with Crippen molar-refractivity contribution >= 4 is 18.0 Å². The lowest BCUT2D eigenvalue weighted by molar-refractivity contribution is -0.120. The molecule has 0 aliphatic carbocycles. The molecule has 2 amide bonds. The zero-order valence-corrected chi connectivity index (χ0v) is 18.7. The maximum Gasteiger partial charge on any atom is 0.259 e. The number of benzene rings is 3. The Morgan fingerprint density at radius 3 is 2.18 bits per heavy atom. The Labute approximate surface area is 193 Å². The molecule has 3 aromatic rings. The fourth-order valence-electron chi connectivity index (χ4n) is 2.85. The average molecular weight is 446 g/mol. The average Bonchev–Trinajstić information content (AvgIpc) is 2.84. The second-order valence-electron chi connectivity index (χ2n) is 7.28. The summed E-state index contributed by atoms with van der Waals surface area (Å²) in [5.74, 6) is 0.655. The Bertz CT molecular complexity index is 1080. The summed E-state index contributed by atoms with van der Waals surface area (Å²) in [5.41, 5.74) is 5.95. The van der Waals surface area contributed by atoms with Gasteiger partial charge in [-0.2, -0.15) is 5.10 Å². The number of hydrogen-bond acceptors (Lipinski definition) is 5. The number of aryl methyl sites for hydroxylation is 1. The number of nitrogens with one attached hydrogen (secondary N) is 2. The van der Waals surface area contributed by atoms with E-state index in [0.717, 1.165) is 16.9 Å². The molecule has 7 heteroatoms. The van der Waals surface area contributed by atoms with Crippen molar-refractivity contribution in [2.24, 2.45) is 5.10 Å². The van der Waals surface area contributed by atoms with Crippen molar-refractivity contribution in [1.29, 1.82) is 0 Å². The highest BCUT2D eigenvalue weighted by Gasteiger charge is 2.07. The van der Waals surface area contributed by atoms with Crippen molar-refractivity contribution in [1.82, 2.24) is 10.7 Å². The van der Waals surface area contributed by atoms with E-state index >= 15 is 0 Å². The van der Waals surface area contributed by atoms with Crippen LogP contribution in [0.2, 0.25) is 0 Å². The van der Waals surface area contributed by atoms with Gasteiger partial charge in [0, 0.05) is 5.56 Å². The lowest BCUT2D eigenvalue weighted by Crippen LogP contribution is -2.34. The van der Waals surface area contributed by atoms with Crippen LogP contribution in [-0.4, -0.2) is 31.2 Å². The molecule has 0 saturated carbocycles. The number of hydrazone groups is 1. The quantitative estimate of drug-likeness (QED) is 0.366. The number of hydrogen-bond donors (Lipinski definition) is 2. The van der Waals surface area contributed by atoms with Gasteiger partial charge in [-0.3, -0.25) is 9.59 Å². The first-order chi connectivity index (χ1) is 16.0. The molecule has 3 aromatic carbocycles. The largest absolute Gasteiger partial charge is 0.494 e. The molecular formula is C26H27N3O4. The minimum absolute atomic E-state index is 0.185. The first kappa shape index (κ1) is 23.5. The van der Waals surface area contributed by atoms with Gasteiger partial charge < -0.3 is 14.8 Å². The summed E-state index contributed by atoms with van der Waals surface area (Å²) in [6.07, 6.45) is 1.52. The van der Waals surface area contributed by atoms with Crippen LogP contribution in [0.25, 0.3) is 0 Å². The molecule has 0 aliphatic heterocycles. The van der Waals surface area contributed by atoms with Crippen LogP contribution in [0.15, 0.2) is 77.9 Å². The van der Waals surface area contributed by atoms with Crippen LogP contribution in [0.4, 0.5) is 0 Å². The predicted octanol–water partition coefficient (Wildman–Crippen LogP) is 3.85. The third-order valence-corrected chi connectivity index (χ3v) is 4.65. The minimum Gasteiger partial charge on any atom is -0.494 e. The molecule has 7 nitrogen and oxygen atoms in total. The molecule has 2 N–H and O–H groups in total. The number of carbonyl (C=O) groups excluding carboxylic acids is 2. The van der Waals surface area contributed by atoms with E-state index in [0.29, 0.717) is 24.5 Å². The molecule has 0 aromatic heterocycles. The summed E-state index contributed by atoms with van der Waals surface area (Å²) < 4.78 is 11.1. The molecule has 0 spiro atoms. The van der Waals surface area contributed by atoms with Gasteiger partial charge in [0.2, 0.25) is 0 Å². The van der Waals surface area contributed by atoms with Crippen molar-refractivity contribution < 1.29 is 19.1 Å². The van der Waals surface area contributed by atoms with Gasteiger partial charge in [0.1, 0.15) is 18.1 Å². The standard InChI is InChI=1S/C26H27N3O4/c1-3-32-23-14-10-22(11-15-23)26(31)27-17-25(30)29-28-16-20-8-12-24(13-9-20)33-18-21-6-4-19(2)5-7-21/h4-16H,3,17-18H2,1-2H3,(H,27,31)(H,29,30). The Balaban J connectivity index is 1.39. The Morgan fingerprint density at radius 2 is 1.52 bits per heavy atom. The van der Waals surface area contributed by atoms with Crippen molar-refractivity contribution in [3.05, 3.63) is 95.1 Å². The number of carbonyl (C=O) groups is 2. The van der Waals surface area contributed by atoms with Crippen LogP contribution in [0.3, 0.4) is 0 Å². The van der Waals surface area contributed by atoms with E-state index in [1.165, 1.54) is 11.8 Å². The summed E-state index contributed by atoms with van der Waals surface area (Å²) >= 11 is 0. The number of ether oxygens (including phenoxy) is 2. The van der Waals surface area contributed by atoms with Crippen LogP contribution in [0.5, 0.6) is 11.5 Å². The second-order valence-corrected chi connectivity index (χ2v) is 7.28. The third kappa shape index (κ3) is 7.81. The van der Waals surface area contributed by atoms with Crippen molar-refractivity contribution in [2.45, 2.75) is 20.5 Å². The molecule has 0 atom stereocenters. The van der Waals surface area contributed by atoms with Gasteiger partial charge in [-0.15, -0.1) is 0 Å². The molecule has 0 heterocycles. The topological polar surface area (TPSA) is 89.0 Å². The third-order valence-electron chi connectivity index (χ3n) is 4.65. The summed E-state index contributed by atoms with van der Waals surface area (Å²) in [7, 11) is 0. The molecule has 0 fully saturated rings. The van der Waals surface area contributed by atoms with E-state index in [2.05, 4.69) is 28.0 Å². The predicted molar refractivity (Wildman–Crippen MR) is 128 cm³/mol. The molecule has 0 bridgehead atoms. The Hall–Kier alpha value is -4.13. The monoisotopic (exact) mass is 445 g/mol. The first-order valence-electron chi connectivity index (χ1n) is 10.6. The van der Waals surface area contributed by atoms with E-state index in [1.807, 2.05) is 50.2 Å². The van der Waals surface area contributed by atoms with E-state index in [-0.39, 0.29) is 12.5 Å². The van der Waals surface area contributed by atoms with E-state index < -0.39 is 5.91 Å². The van der Waals surface area contributed by atoms with Crippen LogP contribution >= 0.6 is 0 Å². The van der Waals surface area contributed by atoms with Gasteiger partial charge in [-0.25, -0.2) is 5.43 Å². The second kappa shape index (κ2) is 12.0. The molecule has 0 radical (unpaired) electrons. The molecule has 3 rings (SSSR count). The van der Waals surface area contributed by atoms with Gasteiger partial charge in [-0.1, -0.05) is 29.8 Å². The first-order valence-corrected chi connectivity index (χ1v) is 10.6. The Kier molecular flexibility index (Phi) is 8.59. The van der Waals surface area contributed by atoms with E-state index in [4.69, 9.17) is 9.47 Å². The van der Waals surface area contributed by atoms with Crippen molar-refractivity contribution in [3.63, 3.8) is 0 Å². The zero-order chi connectivity index (χ0) is 23.5. The normalized spacial score (nSPS) is 10.6. The molecule has 0 saturated heterocycles. The SMILES string of the molecule is CCOc1ccc(C(=O)NCC(=O)NN=Cc2ccc(OCc3ccc(C)cc3)cc2)cc1. The number of rotatable bonds is 10. The Morgan fingerprint density at radius 1 is 0.879 bits per heavy atom. The molecule has 0 unspecified atom stereocenters. The summed E-state index contributed by atoms with van der Waals surface area (Å²) in [6, 6.07) is 22.3. The van der Waals surface area contributed by atoms with E-state index in [1.54, 1.807) is 24.3 Å². The van der Waals surface area contributed by atoms with Gasteiger partial charge in [0.05, 0.1) is 19.4 Å². The van der Waals surface area contributed by atoms with Crippen LogP contribution in [0, 0.1) is 6.92 Å². The van der Waals surface area contributed by atoms with Gasteiger partial charge in [-0.05, 0) is 73.5 Å². The minimum atomic E-state index is -0.427. The highest BCUT2D eigenvalue weighted by Crippen LogP contribution is 2.14. The number of amides is 2. The molecule has 33 heavy (non-hydrogen) atoms. The molecule has 170 valence electrons. The zero-order valence-electron chi connectivity index (χ0n) is 18.7. The summed E-state index contributed by atoms with van der Waals surface area (Å²) in [4.78, 5) is 24.0. The summed E-state index contributed by atoms with van der Waals surface area (Å²) in [5, 5.41) is 6.48. The highest BCUT2D eigenvalue weighted by atomic mass is 16.5. The fourth-order valence-corrected chi connectivity index (χ4v) is 2.85. The maximum absolute atomic E-state index is 12.1. The highest BCUT2D eigenvalue weighted by molar-refractivity contribution is 5.96. The number of nitrogens with zero attached hydrogens (tertiary/aromatic N) is 1. The van der Waals surface area contributed by atoms with Crippen LogP contribution in [0.1, 0.15) is 34.0 Å². The van der Waals surface area contributed by atoms with Crippen LogP contribution in [-0.2, 0) is 11.4 Å². The molecular weight excluding hydrogens is 418 g/mol. The fraction of sp³-hybridized carbons (Fsp3) is 0.192. The summed E-state index contributed by atoms with van der Waals surface area (Å²) in [6.45, 7) is 4.80. The van der Waals surface area contributed by atoms with Gasteiger partial charge >= 0.3 is 0 Å². The van der Waals surface area contributed by atoms with Crippen molar-refractivity contribution in [2.75, 3.05) is 13.2 Å². The molecule has 0 aliphatic rings. The van der Waals surface area contributed by atoms with Crippen LogP contribution < -0.4 is 20.2 Å².